The predicted octanol–water partition coefficient (Wildman–Crippen LogP) is 4.61. The molecule has 0 aliphatic heterocycles. The molecule has 2 aromatic carbocycles. The molecule has 7 heteroatoms. The third kappa shape index (κ3) is 3.57. The molecule has 0 unspecified atom stereocenters. The van der Waals surface area contributed by atoms with E-state index in [9.17, 15) is 9.59 Å². The number of nitrogens with zero attached hydrogens (tertiary/aromatic N) is 2. The van der Waals surface area contributed by atoms with Gasteiger partial charge in [-0.2, -0.15) is 0 Å². The Labute approximate surface area is 170 Å². The first-order valence-corrected chi connectivity index (χ1v) is 9.45. The molecule has 28 heavy (non-hydrogen) atoms. The van der Waals surface area contributed by atoms with E-state index in [1.165, 1.54) is 23.0 Å². The molecule has 144 valence electrons. The Morgan fingerprint density at radius 1 is 1.14 bits per heavy atom. The van der Waals surface area contributed by atoms with Crippen LogP contribution < -0.4 is 5.56 Å². The first-order valence-electron chi connectivity index (χ1n) is 8.66. The number of nitrogens with one attached hydrogen (secondary N) is 1. The summed E-state index contributed by atoms with van der Waals surface area (Å²) in [6.45, 7) is 7.60. The van der Waals surface area contributed by atoms with Gasteiger partial charge in [0.1, 0.15) is 0 Å². The second kappa shape index (κ2) is 7.59. The molecule has 1 heterocycles. The molecule has 3 rings (SSSR count). The number of carbonyl (C=O) groups is 1. The number of carboxylic acid groups (broad SMARTS) is 1. The lowest BCUT2D eigenvalue weighted by atomic mass is 10.1. The Balaban J connectivity index is 2.06. The number of H-pyrrole nitrogens is 1. The quantitative estimate of drug-likeness (QED) is 0.579. The van der Waals surface area contributed by atoms with Gasteiger partial charge in [0.05, 0.1) is 22.5 Å². The van der Waals surface area contributed by atoms with E-state index in [1.807, 2.05) is 32.9 Å². The van der Waals surface area contributed by atoms with Gasteiger partial charge >= 0.3 is 5.97 Å². The molecule has 0 spiro atoms. The van der Waals surface area contributed by atoms with Crippen molar-refractivity contribution < 1.29 is 9.90 Å². The van der Waals surface area contributed by atoms with Crippen molar-refractivity contribution >= 4 is 33.8 Å². The number of aromatic nitrogens is 2. The molecule has 0 atom stereocenters. The Hall–Kier alpha value is -2.93. The molecule has 0 bridgehead atoms. The summed E-state index contributed by atoms with van der Waals surface area (Å²) in [6, 6.07) is 8.52. The van der Waals surface area contributed by atoms with Crippen LogP contribution in [0, 0.1) is 27.7 Å². The molecular weight excluding hydrogens is 422 g/mol. The molecular formula is C21H20BrN3O3. The van der Waals surface area contributed by atoms with E-state index in [0.29, 0.717) is 16.9 Å². The lowest BCUT2D eigenvalue weighted by Crippen LogP contribution is -2.18. The molecule has 3 aromatic rings. The molecule has 0 amide bonds. The highest BCUT2D eigenvalue weighted by Gasteiger charge is 2.14. The van der Waals surface area contributed by atoms with Crippen molar-refractivity contribution in [1.82, 2.24) is 9.78 Å². The van der Waals surface area contributed by atoms with E-state index in [-0.39, 0.29) is 11.1 Å². The van der Waals surface area contributed by atoms with Crippen molar-refractivity contribution in [3.63, 3.8) is 0 Å². The average Bonchev–Trinajstić information content (AvgIpc) is 2.93. The highest BCUT2D eigenvalue weighted by Crippen LogP contribution is 2.24. The number of aromatic carboxylic acids is 1. The number of aromatic amines is 1. The fourth-order valence-electron chi connectivity index (χ4n) is 2.91. The van der Waals surface area contributed by atoms with E-state index in [0.717, 1.165) is 26.9 Å². The zero-order valence-electron chi connectivity index (χ0n) is 16.0. The van der Waals surface area contributed by atoms with Crippen LogP contribution in [0.1, 0.15) is 38.3 Å². The van der Waals surface area contributed by atoms with Crippen LogP contribution in [0.4, 0.5) is 5.69 Å². The topological polar surface area (TPSA) is 87.4 Å². The van der Waals surface area contributed by atoms with Gasteiger partial charge in [0.15, 0.2) is 0 Å². The van der Waals surface area contributed by atoms with Crippen LogP contribution in [0.5, 0.6) is 0 Å². The van der Waals surface area contributed by atoms with Gasteiger partial charge in [-0.25, -0.2) is 9.48 Å². The largest absolute Gasteiger partial charge is 0.478 e. The third-order valence-electron chi connectivity index (χ3n) is 4.84. The minimum atomic E-state index is -1.02. The maximum atomic E-state index is 13.0. The number of carboxylic acids is 1. The molecule has 0 radical (unpaired) electrons. The number of rotatable bonds is 4. The fourth-order valence-corrected chi connectivity index (χ4v) is 3.34. The van der Waals surface area contributed by atoms with Crippen LogP contribution in [0.15, 0.2) is 44.6 Å². The maximum absolute atomic E-state index is 13.0. The molecule has 1 aromatic heterocycles. The minimum absolute atomic E-state index is 0.155. The Morgan fingerprint density at radius 2 is 1.86 bits per heavy atom. The number of benzene rings is 2. The minimum Gasteiger partial charge on any atom is -0.478 e. The summed E-state index contributed by atoms with van der Waals surface area (Å²) in [5.74, 6) is -1.02. The van der Waals surface area contributed by atoms with Gasteiger partial charge in [0.2, 0.25) is 0 Å². The lowest BCUT2D eigenvalue weighted by Gasteiger charge is -2.10. The molecule has 0 aliphatic rings. The van der Waals surface area contributed by atoms with Gasteiger partial charge in [-0.15, -0.1) is 0 Å². The van der Waals surface area contributed by atoms with Crippen molar-refractivity contribution in [1.29, 1.82) is 0 Å². The van der Waals surface area contributed by atoms with E-state index in [2.05, 4.69) is 26.0 Å². The molecule has 0 fully saturated rings. The second-order valence-corrected chi connectivity index (χ2v) is 7.53. The van der Waals surface area contributed by atoms with E-state index in [1.54, 1.807) is 13.0 Å². The molecule has 0 saturated carbocycles. The average molecular weight is 442 g/mol. The summed E-state index contributed by atoms with van der Waals surface area (Å²) in [7, 11) is 0. The summed E-state index contributed by atoms with van der Waals surface area (Å²) < 4.78 is 2.49. The standard InChI is InChI=1S/C21H20BrN3O3/c1-11-5-6-15(21(27)28)9-18(11)23-10-16-14(4)24-25(20(16)26)19-8-7-17(22)12(2)13(19)3/h5-10,24H,1-4H3,(H,27,28). The van der Waals surface area contributed by atoms with Gasteiger partial charge in [-0.3, -0.25) is 14.9 Å². The Bertz CT molecular complexity index is 1170. The Kier molecular flexibility index (Phi) is 5.38. The smallest absolute Gasteiger partial charge is 0.335 e. The molecule has 2 N–H and O–H groups in total. The van der Waals surface area contributed by atoms with Crippen LogP contribution in [-0.2, 0) is 0 Å². The van der Waals surface area contributed by atoms with Crippen molar-refractivity contribution in [2.24, 2.45) is 4.99 Å². The Morgan fingerprint density at radius 3 is 2.54 bits per heavy atom. The first kappa shape index (κ1) is 19.8. The number of aliphatic imine (C=N–C) groups is 1. The van der Waals surface area contributed by atoms with Gasteiger partial charge in [-0.1, -0.05) is 22.0 Å². The van der Waals surface area contributed by atoms with E-state index in [4.69, 9.17) is 5.11 Å². The monoisotopic (exact) mass is 441 g/mol. The van der Waals surface area contributed by atoms with Crippen LogP contribution in [-0.4, -0.2) is 27.1 Å². The van der Waals surface area contributed by atoms with E-state index < -0.39 is 5.97 Å². The van der Waals surface area contributed by atoms with Crippen molar-refractivity contribution in [3.8, 4) is 5.69 Å². The summed E-state index contributed by atoms with van der Waals surface area (Å²) in [6.07, 6.45) is 1.49. The number of halogens is 1. The third-order valence-corrected chi connectivity index (χ3v) is 5.70. The maximum Gasteiger partial charge on any atom is 0.335 e. The van der Waals surface area contributed by atoms with Gasteiger partial charge in [0.25, 0.3) is 5.56 Å². The fraction of sp³-hybridized carbons (Fsp3) is 0.190. The van der Waals surface area contributed by atoms with Gasteiger partial charge < -0.3 is 5.11 Å². The SMILES string of the molecule is Cc1ccc(C(=O)O)cc1N=Cc1c(C)[nH]n(-c2ccc(Br)c(C)c2C)c1=O. The lowest BCUT2D eigenvalue weighted by molar-refractivity contribution is 0.0697. The van der Waals surface area contributed by atoms with Crippen LogP contribution >= 0.6 is 15.9 Å². The molecule has 6 nitrogen and oxygen atoms in total. The summed E-state index contributed by atoms with van der Waals surface area (Å²) in [4.78, 5) is 28.5. The van der Waals surface area contributed by atoms with Crippen LogP contribution in [0.3, 0.4) is 0 Å². The van der Waals surface area contributed by atoms with Crippen molar-refractivity contribution in [2.45, 2.75) is 27.7 Å². The van der Waals surface area contributed by atoms with Crippen molar-refractivity contribution in [2.75, 3.05) is 0 Å². The van der Waals surface area contributed by atoms with Gasteiger partial charge in [-0.05, 0) is 68.7 Å². The zero-order valence-corrected chi connectivity index (χ0v) is 17.6. The summed E-state index contributed by atoms with van der Waals surface area (Å²) >= 11 is 3.50. The zero-order chi connectivity index (χ0) is 20.6. The predicted molar refractivity (Wildman–Crippen MR) is 114 cm³/mol. The first-order chi connectivity index (χ1) is 13.2. The molecule has 0 saturated heterocycles. The number of hydrogen-bond acceptors (Lipinski definition) is 3. The highest BCUT2D eigenvalue weighted by molar-refractivity contribution is 9.10. The summed E-state index contributed by atoms with van der Waals surface area (Å²) in [5, 5.41) is 12.3. The summed E-state index contributed by atoms with van der Waals surface area (Å²) in [5.41, 5.74) is 5.23. The second-order valence-electron chi connectivity index (χ2n) is 6.67. The van der Waals surface area contributed by atoms with Gasteiger partial charge in [0, 0.05) is 16.4 Å². The van der Waals surface area contributed by atoms with Crippen molar-refractivity contribution in [3.05, 3.63) is 78.7 Å². The van der Waals surface area contributed by atoms with Crippen LogP contribution in [0.2, 0.25) is 0 Å². The number of hydrogen-bond donors (Lipinski definition) is 2. The number of aryl methyl sites for hydroxylation is 2. The van der Waals surface area contributed by atoms with E-state index >= 15 is 0 Å². The normalized spacial score (nSPS) is 11.3. The molecule has 0 aliphatic carbocycles. The highest BCUT2D eigenvalue weighted by atomic mass is 79.9. The van der Waals surface area contributed by atoms with Crippen LogP contribution in [0.25, 0.3) is 5.69 Å².